The van der Waals surface area contributed by atoms with E-state index in [0.717, 1.165) is 5.56 Å². The summed E-state index contributed by atoms with van der Waals surface area (Å²) in [6, 6.07) is 10.6. The van der Waals surface area contributed by atoms with Gasteiger partial charge in [-0.15, -0.1) is 0 Å². The number of rotatable bonds is 4. The molecule has 1 aromatic heterocycles. The third-order valence-electron chi connectivity index (χ3n) is 4.97. The summed E-state index contributed by atoms with van der Waals surface area (Å²) in [5.41, 5.74) is 7.20. The summed E-state index contributed by atoms with van der Waals surface area (Å²) in [4.78, 5) is 32.2. The Morgan fingerprint density at radius 1 is 1.30 bits per heavy atom. The van der Waals surface area contributed by atoms with Crippen LogP contribution in [0.4, 0.5) is 10.6 Å². The molecule has 0 saturated carbocycles. The molecule has 2 aromatic rings. The number of nitrogen functional groups attached to an aromatic ring is 1. The van der Waals surface area contributed by atoms with Crippen molar-refractivity contribution in [1.82, 2.24) is 14.8 Å². The molecule has 2 N–H and O–H groups in total. The lowest BCUT2D eigenvalue weighted by molar-refractivity contribution is 0.0728. The second-order valence-corrected chi connectivity index (χ2v) is 7.18. The Kier molecular flexibility index (Phi) is 4.61. The molecule has 8 heteroatoms. The fourth-order valence-electron chi connectivity index (χ4n) is 3.63. The van der Waals surface area contributed by atoms with Crippen LogP contribution in [0.1, 0.15) is 15.9 Å². The topological polar surface area (TPSA) is 88.8 Å². The Balaban J connectivity index is 1.43. The molecule has 0 radical (unpaired) electrons. The Bertz CT molecular complexity index is 891. The first kappa shape index (κ1) is 17.6. The largest absolute Gasteiger partial charge is 0.442 e. The number of nitrogens with two attached hydrogens (primary N) is 1. The molecule has 4 rings (SSSR count). The molecular formula is C19H19ClN4O3. The van der Waals surface area contributed by atoms with Gasteiger partial charge < -0.3 is 15.4 Å². The van der Waals surface area contributed by atoms with Crippen LogP contribution in [-0.4, -0.2) is 58.6 Å². The molecule has 0 unspecified atom stereocenters. The SMILES string of the molecule is Nc1cc(C(=O)N2C[C@H]3OC(=O)N(CCc4cccc(Cl)c4)[C@H]3C2)ccn1. The number of aromatic nitrogens is 1. The number of fused-ring (bicyclic) bond motifs is 1. The second-order valence-electron chi connectivity index (χ2n) is 6.74. The number of amides is 2. The van der Waals surface area contributed by atoms with Gasteiger partial charge in [-0.1, -0.05) is 23.7 Å². The van der Waals surface area contributed by atoms with Crippen molar-refractivity contribution < 1.29 is 14.3 Å². The van der Waals surface area contributed by atoms with Crippen molar-refractivity contribution in [3.05, 3.63) is 58.7 Å². The number of hydrogen-bond acceptors (Lipinski definition) is 5. The smallest absolute Gasteiger partial charge is 0.410 e. The van der Waals surface area contributed by atoms with Crippen molar-refractivity contribution in [3.63, 3.8) is 0 Å². The van der Waals surface area contributed by atoms with E-state index >= 15 is 0 Å². The third-order valence-corrected chi connectivity index (χ3v) is 5.20. The lowest BCUT2D eigenvalue weighted by Crippen LogP contribution is -2.40. The van der Waals surface area contributed by atoms with Crippen LogP contribution < -0.4 is 5.73 Å². The van der Waals surface area contributed by atoms with Crippen LogP contribution in [0.5, 0.6) is 0 Å². The highest BCUT2D eigenvalue weighted by atomic mass is 35.5. The molecule has 27 heavy (non-hydrogen) atoms. The minimum atomic E-state index is -0.327. The van der Waals surface area contributed by atoms with Gasteiger partial charge in [0, 0.05) is 29.9 Å². The summed E-state index contributed by atoms with van der Waals surface area (Å²) in [7, 11) is 0. The van der Waals surface area contributed by atoms with Crippen molar-refractivity contribution in [2.75, 3.05) is 25.4 Å². The molecule has 3 heterocycles. The van der Waals surface area contributed by atoms with E-state index in [1.807, 2.05) is 24.3 Å². The highest BCUT2D eigenvalue weighted by molar-refractivity contribution is 6.30. The van der Waals surface area contributed by atoms with Gasteiger partial charge in [0.15, 0.2) is 0 Å². The molecule has 0 aliphatic carbocycles. The molecule has 7 nitrogen and oxygen atoms in total. The Labute approximate surface area is 161 Å². The van der Waals surface area contributed by atoms with Crippen molar-refractivity contribution in [2.24, 2.45) is 0 Å². The zero-order valence-electron chi connectivity index (χ0n) is 14.5. The van der Waals surface area contributed by atoms with Gasteiger partial charge in [-0.25, -0.2) is 9.78 Å². The zero-order valence-corrected chi connectivity index (χ0v) is 15.3. The number of hydrogen-bond donors (Lipinski definition) is 1. The van der Waals surface area contributed by atoms with Crippen LogP contribution in [0.15, 0.2) is 42.6 Å². The maximum absolute atomic E-state index is 12.7. The number of halogens is 1. The minimum Gasteiger partial charge on any atom is -0.442 e. The standard InChI is InChI=1S/C19H19ClN4O3/c20-14-3-1-2-12(8-14)5-7-24-15-10-23(11-16(15)27-19(24)26)18(25)13-4-6-22-17(21)9-13/h1-4,6,8-9,15-16H,5,7,10-11H2,(H2,21,22)/t15-,16+/m0/s1. The first-order valence-electron chi connectivity index (χ1n) is 8.74. The zero-order chi connectivity index (χ0) is 19.0. The molecule has 0 spiro atoms. The second kappa shape index (κ2) is 7.08. The number of carbonyl (C=O) groups is 2. The highest BCUT2D eigenvalue weighted by Gasteiger charge is 2.48. The number of pyridine rings is 1. The minimum absolute atomic E-state index is 0.135. The third kappa shape index (κ3) is 3.55. The van der Waals surface area contributed by atoms with Gasteiger partial charge >= 0.3 is 6.09 Å². The van der Waals surface area contributed by atoms with Gasteiger partial charge in [-0.3, -0.25) is 9.69 Å². The lowest BCUT2D eigenvalue weighted by atomic mass is 10.1. The maximum atomic E-state index is 12.7. The molecule has 2 atom stereocenters. The average Bonchev–Trinajstić information content (AvgIpc) is 3.16. The quantitative estimate of drug-likeness (QED) is 0.870. The molecular weight excluding hydrogens is 368 g/mol. The fourth-order valence-corrected chi connectivity index (χ4v) is 3.85. The molecule has 2 aliphatic heterocycles. The van der Waals surface area contributed by atoms with E-state index in [1.54, 1.807) is 21.9 Å². The van der Waals surface area contributed by atoms with E-state index in [0.29, 0.717) is 42.5 Å². The highest BCUT2D eigenvalue weighted by Crippen LogP contribution is 2.28. The summed E-state index contributed by atoms with van der Waals surface area (Å²) in [6.45, 7) is 1.34. The van der Waals surface area contributed by atoms with E-state index in [1.165, 1.54) is 6.20 Å². The monoisotopic (exact) mass is 386 g/mol. The molecule has 0 bridgehead atoms. The lowest BCUT2D eigenvalue weighted by Gasteiger charge is -2.22. The first-order valence-corrected chi connectivity index (χ1v) is 9.11. The molecule has 2 saturated heterocycles. The molecule has 2 fully saturated rings. The summed E-state index contributed by atoms with van der Waals surface area (Å²) < 4.78 is 5.48. The first-order chi connectivity index (χ1) is 13.0. The van der Waals surface area contributed by atoms with E-state index < -0.39 is 0 Å². The van der Waals surface area contributed by atoms with E-state index in [9.17, 15) is 9.59 Å². The van der Waals surface area contributed by atoms with Crippen molar-refractivity contribution in [3.8, 4) is 0 Å². The van der Waals surface area contributed by atoms with Gasteiger partial charge in [-0.2, -0.15) is 0 Å². The Morgan fingerprint density at radius 2 is 2.15 bits per heavy atom. The van der Waals surface area contributed by atoms with Crippen LogP contribution in [0.2, 0.25) is 5.02 Å². The van der Waals surface area contributed by atoms with Crippen LogP contribution >= 0.6 is 11.6 Å². The Morgan fingerprint density at radius 3 is 2.93 bits per heavy atom. The van der Waals surface area contributed by atoms with Crippen molar-refractivity contribution >= 4 is 29.4 Å². The summed E-state index contributed by atoms with van der Waals surface area (Å²) >= 11 is 6.02. The fraction of sp³-hybridized carbons (Fsp3) is 0.316. The van der Waals surface area contributed by atoms with E-state index in [-0.39, 0.29) is 24.1 Å². The van der Waals surface area contributed by atoms with E-state index in [4.69, 9.17) is 22.1 Å². The van der Waals surface area contributed by atoms with Gasteiger partial charge in [-0.05, 0) is 36.2 Å². The summed E-state index contributed by atoms with van der Waals surface area (Å²) in [5.74, 6) is 0.166. The number of anilines is 1. The summed E-state index contributed by atoms with van der Waals surface area (Å²) in [6.07, 6.45) is 1.55. The van der Waals surface area contributed by atoms with Gasteiger partial charge in [0.2, 0.25) is 0 Å². The van der Waals surface area contributed by atoms with Gasteiger partial charge in [0.1, 0.15) is 11.9 Å². The number of nitrogens with zero attached hydrogens (tertiary/aromatic N) is 3. The van der Waals surface area contributed by atoms with E-state index in [2.05, 4.69) is 4.98 Å². The van der Waals surface area contributed by atoms with Crippen LogP contribution in [0, 0.1) is 0 Å². The van der Waals surface area contributed by atoms with Gasteiger partial charge in [0.25, 0.3) is 5.91 Å². The molecule has 1 aromatic carbocycles. The van der Waals surface area contributed by atoms with Crippen LogP contribution in [-0.2, 0) is 11.2 Å². The number of ether oxygens (including phenoxy) is 1. The van der Waals surface area contributed by atoms with Crippen LogP contribution in [0.3, 0.4) is 0 Å². The van der Waals surface area contributed by atoms with Crippen LogP contribution in [0.25, 0.3) is 0 Å². The molecule has 2 aliphatic rings. The Hall–Kier alpha value is -2.80. The predicted molar refractivity (Wildman–Crippen MR) is 100 cm³/mol. The van der Waals surface area contributed by atoms with Gasteiger partial charge in [0.05, 0.1) is 12.6 Å². The maximum Gasteiger partial charge on any atom is 0.410 e. The normalized spacial score (nSPS) is 21.3. The molecule has 140 valence electrons. The average molecular weight is 387 g/mol. The number of carbonyl (C=O) groups excluding carboxylic acids is 2. The van der Waals surface area contributed by atoms with Crippen molar-refractivity contribution in [1.29, 1.82) is 0 Å². The predicted octanol–water partition coefficient (Wildman–Crippen LogP) is 2.21. The van der Waals surface area contributed by atoms with Crippen molar-refractivity contribution in [2.45, 2.75) is 18.6 Å². The number of benzene rings is 1. The summed E-state index contributed by atoms with van der Waals surface area (Å²) in [5, 5.41) is 0.670. The molecule has 2 amide bonds. The number of likely N-dealkylation sites (tertiary alicyclic amines) is 1.